The maximum Gasteiger partial charge on any atom is 0.179 e. The lowest BCUT2D eigenvalue weighted by Gasteiger charge is -2.21. The van der Waals surface area contributed by atoms with Crippen molar-refractivity contribution in [2.75, 3.05) is 5.75 Å². The van der Waals surface area contributed by atoms with Crippen molar-refractivity contribution in [1.29, 1.82) is 0 Å². The Hall–Kier alpha value is -0.810. The van der Waals surface area contributed by atoms with Crippen molar-refractivity contribution in [3.63, 3.8) is 0 Å². The minimum absolute atomic E-state index is 0.687. The first-order valence-corrected chi connectivity index (χ1v) is 7.87. The SMILES string of the molecule is Cc1ccc2[nH]c(=S)n(CC3CCCCS3)c2n1. The molecule has 3 rings (SSSR count). The molecular formula is C13H17N3S2. The molecule has 96 valence electrons. The van der Waals surface area contributed by atoms with E-state index in [0.29, 0.717) is 5.25 Å². The van der Waals surface area contributed by atoms with Crippen LogP contribution in [0.2, 0.25) is 0 Å². The van der Waals surface area contributed by atoms with Crippen LogP contribution in [0.5, 0.6) is 0 Å². The van der Waals surface area contributed by atoms with E-state index in [4.69, 9.17) is 12.2 Å². The van der Waals surface area contributed by atoms with E-state index in [1.807, 2.05) is 13.0 Å². The quantitative estimate of drug-likeness (QED) is 0.851. The molecule has 1 unspecified atom stereocenters. The number of hydrogen-bond acceptors (Lipinski definition) is 3. The van der Waals surface area contributed by atoms with Crippen LogP contribution >= 0.6 is 24.0 Å². The molecule has 0 radical (unpaired) electrons. The summed E-state index contributed by atoms with van der Waals surface area (Å²) < 4.78 is 2.97. The molecule has 1 N–H and O–H groups in total. The lowest BCUT2D eigenvalue weighted by Crippen LogP contribution is -2.17. The van der Waals surface area contributed by atoms with Gasteiger partial charge in [-0.05, 0) is 49.9 Å². The summed E-state index contributed by atoms with van der Waals surface area (Å²) in [6.07, 6.45) is 4.00. The highest BCUT2D eigenvalue weighted by Gasteiger charge is 2.16. The highest BCUT2D eigenvalue weighted by Crippen LogP contribution is 2.27. The van der Waals surface area contributed by atoms with E-state index < -0.39 is 0 Å². The van der Waals surface area contributed by atoms with Gasteiger partial charge in [0.15, 0.2) is 10.4 Å². The van der Waals surface area contributed by atoms with Crippen LogP contribution in [0.15, 0.2) is 12.1 Å². The zero-order chi connectivity index (χ0) is 12.5. The lowest BCUT2D eigenvalue weighted by molar-refractivity contribution is 0.585. The Morgan fingerprint density at radius 1 is 1.50 bits per heavy atom. The molecule has 18 heavy (non-hydrogen) atoms. The maximum absolute atomic E-state index is 5.42. The zero-order valence-corrected chi connectivity index (χ0v) is 12.1. The summed E-state index contributed by atoms with van der Waals surface area (Å²) in [7, 11) is 0. The van der Waals surface area contributed by atoms with Crippen molar-refractivity contribution in [2.45, 2.75) is 38.0 Å². The first-order chi connectivity index (χ1) is 8.74. The Balaban J connectivity index is 1.97. The predicted octanol–water partition coefficient (Wildman–Crippen LogP) is 3.69. The molecule has 2 aromatic heterocycles. The molecule has 1 saturated heterocycles. The summed E-state index contributed by atoms with van der Waals surface area (Å²) in [5.41, 5.74) is 3.10. The highest BCUT2D eigenvalue weighted by atomic mass is 32.2. The molecule has 0 bridgehead atoms. The van der Waals surface area contributed by atoms with E-state index in [1.54, 1.807) is 0 Å². The van der Waals surface area contributed by atoms with Crippen LogP contribution < -0.4 is 0 Å². The standard InChI is InChI=1S/C13H17N3S2/c1-9-5-6-11-12(14-9)16(13(17)15-11)8-10-4-2-3-7-18-10/h5-6,10H,2-4,7-8H2,1H3,(H,15,17). The van der Waals surface area contributed by atoms with Gasteiger partial charge in [0, 0.05) is 17.5 Å². The third kappa shape index (κ3) is 2.34. The van der Waals surface area contributed by atoms with Gasteiger partial charge in [-0.15, -0.1) is 0 Å². The number of rotatable bonds is 2. The topological polar surface area (TPSA) is 33.6 Å². The molecule has 0 aromatic carbocycles. The minimum atomic E-state index is 0.687. The number of aromatic nitrogens is 3. The molecule has 1 aliphatic rings. The minimum Gasteiger partial charge on any atom is -0.329 e. The van der Waals surface area contributed by atoms with Gasteiger partial charge in [0.2, 0.25) is 0 Å². The second-order valence-electron chi connectivity index (χ2n) is 4.85. The summed E-state index contributed by atoms with van der Waals surface area (Å²) in [5.74, 6) is 1.28. The van der Waals surface area contributed by atoms with Gasteiger partial charge in [-0.3, -0.25) is 0 Å². The summed E-state index contributed by atoms with van der Waals surface area (Å²) in [5, 5.41) is 0.687. The van der Waals surface area contributed by atoms with Gasteiger partial charge in [0.25, 0.3) is 0 Å². The van der Waals surface area contributed by atoms with Crippen LogP contribution in [0.25, 0.3) is 11.2 Å². The van der Waals surface area contributed by atoms with Crippen molar-refractivity contribution in [3.05, 3.63) is 22.6 Å². The number of fused-ring (bicyclic) bond motifs is 1. The van der Waals surface area contributed by atoms with Crippen LogP contribution in [-0.4, -0.2) is 25.5 Å². The average molecular weight is 279 g/mol. The smallest absolute Gasteiger partial charge is 0.179 e. The largest absolute Gasteiger partial charge is 0.329 e. The Morgan fingerprint density at radius 3 is 3.17 bits per heavy atom. The van der Waals surface area contributed by atoms with Crippen LogP contribution in [0.4, 0.5) is 0 Å². The Morgan fingerprint density at radius 2 is 2.39 bits per heavy atom. The molecule has 3 nitrogen and oxygen atoms in total. The maximum atomic E-state index is 5.42. The number of thioether (sulfide) groups is 1. The van der Waals surface area contributed by atoms with Crippen LogP contribution in [0.3, 0.4) is 0 Å². The van der Waals surface area contributed by atoms with Crippen LogP contribution in [0, 0.1) is 11.7 Å². The van der Waals surface area contributed by atoms with Crippen molar-refractivity contribution < 1.29 is 0 Å². The Kier molecular flexibility index (Phi) is 3.43. The third-order valence-corrected chi connectivity index (χ3v) is 5.12. The van der Waals surface area contributed by atoms with Gasteiger partial charge in [-0.25, -0.2) is 4.98 Å². The van der Waals surface area contributed by atoms with Crippen molar-refractivity contribution in [2.24, 2.45) is 0 Å². The molecule has 5 heteroatoms. The molecule has 0 amide bonds. The van der Waals surface area contributed by atoms with Gasteiger partial charge in [0.1, 0.15) is 0 Å². The summed E-state index contributed by atoms with van der Waals surface area (Å²) >= 11 is 7.50. The molecule has 2 aromatic rings. The first-order valence-electron chi connectivity index (χ1n) is 6.42. The van der Waals surface area contributed by atoms with Gasteiger partial charge < -0.3 is 9.55 Å². The van der Waals surface area contributed by atoms with E-state index in [2.05, 4.69) is 32.4 Å². The number of H-pyrrole nitrogens is 1. The molecule has 0 spiro atoms. The fourth-order valence-electron chi connectivity index (χ4n) is 2.45. The van der Waals surface area contributed by atoms with E-state index >= 15 is 0 Å². The van der Waals surface area contributed by atoms with E-state index in [0.717, 1.165) is 28.2 Å². The molecule has 1 atom stereocenters. The molecular weight excluding hydrogens is 262 g/mol. The number of imidazole rings is 1. The van der Waals surface area contributed by atoms with Crippen LogP contribution in [-0.2, 0) is 6.54 Å². The number of nitrogens with zero attached hydrogens (tertiary/aromatic N) is 2. The summed E-state index contributed by atoms with van der Waals surface area (Å²) in [6.45, 7) is 3.01. The van der Waals surface area contributed by atoms with Gasteiger partial charge >= 0.3 is 0 Å². The van der Waals surface area contributed by atoms with Gasteiger partial charge in [0.05, 0.1) is 5.52 Å². The molecule has 3 heterocycles. The van der Waals surface area contributed by atoms with Crippen molar-refractivity contribution >= 4 is 35.1 Å². The molecule has 1 aliphatic heterocycles. The molecule has 1 fully saturated rings. The second kappa shape index (κ2) is 5.05. The Bertz CT molecular complexity index is 608. The van der Waals surface area contributed by atoms with E-state index in [1.165, 1.54) is 25.0 Å². The summed E-state index contributed by atoms with van der Waals surface area (Å²) in [4.78, 5) is 7.87. The second-order valence-corrected chi connectivity index (χ2v) is 6.65. The number of nitrogens with one attached hydrogen (secondary N) is 1. The summed E-state index contributed by atoms with van der Waals surface area (Å²) in [6, 6.07) is 4.09. The van der Waals surface area contributed by atoms with Gasteiger partial charge in [-0.2, -0.15) is 11.8 Å². The van der Waals surface area contributed by atoms with Gasteiger partial charge in [-0.1, -0.05) is 6.42 Å². The monoisotopic (exact) mass is 279 g/mol. The normalized spacial score (nSPS) is 20.4. The number of hydrogen-bond donors (Lipinski definition) is 1. The van der Waals surface area contributed by atoms with Crippen LogP contribution in [0.1, 0.15) is 25.0 Å². The highest BCUT2D eigenvalue weighted by molar-refractivity contribution is 7.99. The average Bonchev–Trinajstić information content (AvgIpc) is 2.67. The van der Waals surface area contributed by atoms with E-state index in [9.17, 15) is 0 Å². The number of aryl methyl sites for hydroxylation is 1. The van der Waals surface area contributed by atoms with E-state index in [-0.39, 0.29) is 0 Å². The lowest BCUT2D eigenvalue weighted by atomic mass is 10.2. The molecule has 0 aliphatic carbocycles. The predicted molar refractivity (Wildman–Crippen MR) is 79.8 cm³/mol. The fraction of sp³-hybridized carbons (Fsp3) is 0.538. The molecule has 0 saturated carbocycles. The van der Waals surface area contributed by atoms with Crippen molar-refractivity contribution in [3.8, 4) is 0 Å². The third-order valence-electron chi connectivity index (χ3n) is 3.42. The Labute approximate surface area is 116 Å². The number of pyridine rings is 1. The van der Waals surface area contributed by atoms with Crippen molar-refractivity contribution in [1.82, 2.24) is 14.5 Å². The zero-order valence-electron chi connectivity index (χ0n) is 10.5. The first kappa shape index (κ1) is 12.2. The number of aromatic amines is 1. The fourth-order valence-corrected chi connectivity index (χ4v) is 4.01.